The van der Waals surface area contributed by atoms with Gasteiger partial charge in [-0.2, -0.15) is 0 Å². The zero-order valence-electron chi connectivity index (χ0n) is 12.9. The van der Waals surface area contributed by atoms with Gasteiger partial charge in [0.1, 0.15) is 0 Å². The number of nitro groups is 1. The molecule has 1 aliphatic heterocycles. The summed E-state index contributed by atoms with van der Waals surface area (Å²) in [7, 11) is 0. The van der Waals surface area contributed by atoms with Gasteiger partial charge >= 0.3 is 0 Å². The average molecular weight is 317 g/mol. The van der Waals surface area contributed by atoms with E-state index in [0.29, 0.717) is 42.1 Å². The van der Waals surface area contributed by atoms with Crippen LogP contribution in [0.5, 0.6) is 0 Å². The highest BCUT2D eigenvalue weighted by Crippen LogP contribution is 2.29. The fourth-order valence-corrected chi connectivity index (χ4v) is 3.05. The number of benzene rings is 1. The molecule has 0 bridgehead atoms. The Labute approximate surface area is 133 Å². The number of H-pyrrole nitrogens is 1. The maximum absolute atomic E-state index is 12.9. The molecule has 1 fully saturated rings. The number of hydrogen-bond acceptors (Lipinski definition) is 4. The SMILES string of the molecule is CCN(CC1CCOC1)C(=O)c1c[nH]c2cccc([N+](=O)[O-])c12. The summed E-state index contributed by atoms with van der Waals surface area (Å²) in [5, 5.41) is 11.6. The van der Waals surface area contributed by atoms with Crippen LogP contribution in [0.1, 0.15) is 23.7 Å². The van der Waals surface area contributed by atoms with Crippen LogP contribution in [0.3, 0.4) is 0 Å². The summed E-state index contributed by atoms with van der Waals surface area (Å²) in [5.74, 6) is 0.152. The second-order valence-corrected chi connectivity index (χ2v) is 5.73. The zero-order chi connectivity index (χ0) is 16.4. The lowest BCUT2D eigenvalue weighted by molar-refractivity contribution is -0.383. The lowest BCUT2D eigenvalue weighted by atomic mass is 10.1. The monoisotopic (exact) mass is 317 g/mol. The van der Waals surface area contributed by atoms with Gasteiger partial charge in [-0.15, -0.1) is 0 Å². The second-order valence-electron chi connectivity index (χ2n) is 5.73. The summed E-state index contributed by atoms with van der Waals surface area (Å²) in [4.78, 5) is 28.4. The van der Waals surface area contributed by atoms with Gasteiger partial charge < -0.3 is 14.6 Å². The van der Waals surface area contributed by atoms with E-state index in [9.17, 15) is 14.9 Å². The van der Waals surface area contributed by atoms with Crippen LogP contribution in [-0.2, 0) is 4.74 Å². The van der Waals surface area contributed by atoms with E-state index in [0.717, 1.165) is 13.0 Å². The van der Waals surface area contributed by atoms with E-state index in [2.05, 4.69) is 4.98 Å². The first-order valence-electron chi connectivity index (χ1n) is 7.73. The van der Waals surface area contributed by atoms with Gasteiger partial charge in [-0.25, -0.2) is 0 Å². The van der Waals surface area contributed by atoms with Crippen molar-refractivity contribution in [1.29, 1.82) is 0 Å². The third kappa shape index (κ3) is 2.92. The van der Waals surface area contributed by atoms with Crippen LogP contribution in [0.25, 0.3) is 10.9 Å². The van der Waals surface area contributed by atoms with Crippen molar-refractivity contribution in [3.05, 3.63) is 40.1 Å². The Hall–Kier alpha value is -2.41. The number of amides is 1. The van der Waals surface area contributed by atoms with Gasteiger partial charge in [0.15, 0.2) is 0 Å². The van der Waals surface area contributed by atoms with E-state index < -0.39 is 4.92 Å². The Morgan fingerprint density at radius 1 is 1.52 bits per heavy atom. The fourth-order valence-electron chi connectivity index (χ4n) is 3.05. The van der Waals surface area contributed by atoms with Crippen molar-refractivity contribution in [1.82, 2.24) is 9.88 Å². The molecule has 2 aromatic rings. The van der Waals surface area contributed by atoms with Crippen molar-refractivity contribution in [3.63, 3.8) is 0 Å². The van der Waals surface area contributed by atoms with Gasteiger partial charge in [-0.1, -0.05) is 6.07 Å². The molecule has 7 heteroatoms. The molecule has 1 unspecified atom stereocenters. The van der Waals surface area contributed by atoms with E-state index in [1.54, 1.807) is 23.2 Å². The molecule has 2 heterocycles. The lowest BCUT2D eigenvalue weighted by Gasteiger charge is -2.23. The van der Waals surface area contributed by atoms with Crippen LogP contribution in [0, 0.1) is 16.0 Å². The number of carbonyl (C=O) groups excluding carboxylic acids is 1. The van der Waals surface area contributed by atoms with E-state index in [-0.39, 0.29) is 11.6 Å². The van der Waals surface area contributed by atoms with Crippen molar-refractivity contribution in [2.45, 2.75) is 13.3 Å². The molecule has 1 N–H and O–H groups in total. The van der Waals surface area contributed by atoms with Gasteiger partial charge in [0, 0.05) is 37.9 Å². The quantitative estimate of drug-likeness (QED) is 0.678. The summed E-state index contributed by atoms with van der Waals surface area (Å²) < 4.78 is 5.36. The van der Waals surface area contributed by atoms with E-state index in [1.165, 1.54) is 6.07 Å². The number of rotatable bonds is 5. The number of hydrogen-bond donors (Lipinski definition) is 1. The van der Waals surface area contributed by atoms with Crippen LogP contribution < -0.4 is 0 Å². The van der Waals surface area contributed by atoms with Crippen LogP contribution in [0.2, 0.25) is 0 Å². The van der Waals surface area contributed by atoms with Crippen molar-refractivity contribution < 1.29 is 14.5 Å². The minimum Gasteiger partial charge on any atom is -0.381 e. The minimum absolute atomic E-state index is 0.0487. The number of ether oxygens (including phenoxy) is 1. The predicted octanol–water partition coefficient (Wildman–Crippen LogP) is 2.57. The Balaban J connectivity index is 1.94. The number of aromatic nitrogens is 1. The summed E-state index contributed by atoms with van der Waals surface area (Å²) in [5.41, 5.74) is 0.906. The zero-order valence-corrected chi connectivity index (χ0v) is 12.9. The smallest absolute Gasteiger partial charge is 0.279 e. The number of carbonyl (C=O) groups is 1. The molecule has 0 aliphatic carbocycles. The van der Waals surface area contributed by atoms with Crippen LogP contribution >= 0.6 is 0 Å². The second kappa shape index (κ2) is 6.37. The van der Waals surface area contributed by atoms with Crippen LogP contribution in [0.4, 0.5) is 5.69 Å². The Kier molecular flexibility index (Phi) is 4.29. The lowest BCUT2D eigenvalue weighted by Crippen LogP contribution is -2.35. The molecule has 1 aromatic carbocycles. The highest BCUT2D eigenvalue weighted by Gasteiger charge is 2.26. The normalized spacial score (nSPS) is 17.5. The van der Waals surface area contributed by atoms with Crippen LogP contribution in [0.15, 0.2) is 24.4 Å². The molecular formula is C16H19N3O4. The standard InChI is InChI=1S/C16H19N3O4/c1-2-18(9-11-6-7-23-10-11)16(20)12-8-17-13-4-3-5-14(15(12)13)19(21)22/h3-5,8,11,17H,2,6-7,9-10H2,1H3. The number of nitrogens with zero attached hydrogens (tertiary/aromatic N) is 2. The first kappa shape index (κ1) is 15.5. The molecule has 7 nitrogen and oxygen atoms in total. The van der Waals surface area contributed by atoms with Crippen molar-refractivity contribution in [2.75, 3.05) is 26.3 Å². The third-order valence-corrected chi connectivity index (χ3v) is 4.28. The number of non-ortho nitro benzene ring substituents is 1. The topological polar surface area (TPSA) is 88.5 Å². The molecule has 122 valence electrons. The molecule has 0 spiro atoms. The Morgan fingerprint density at radius 3 is 3.00 bits per heavy atom. The molecule has 1 saturated heterocycles. The van der Waals surface area contributed by atoms with Crippen molar-refractivity contribution in [2.24, 2.45) is 5.92 Å². The molecule has 0 radical (unpaired) electrons. The van der Waals surface area contributed by atoms with Gasteiger partial charge in [-0.3, -0.25) is 14.9 Å². The van der Waals surface area contributed by atoms with Gasteiger partial charge in [-0.05, 0) is 19.4 Å². The summed E-state index contributed by atoms with van der Waals surface area (Å²) >= 11 is 0. The summed E-state index contributed by atoms with van der Waals surface area (Å²) in [6, 6.07) is 4.77. The van der Waals surface area contributed by atoms with E-state index in [1.807, 2.05) is 6.92 Å². The summed E-state index contributed by atoms with van der Waals surface area (Å²) in [6.45, 7) is 4.48. The van der Waals surface area contributed by atoms with Crippen LogP contribution in [-0.4, -0.2) is 47.0 Å². The minimum atomic E-state index is -0.450. The maximum Gasteiger partial charge on any atom is 0.279 e. The van der Waals surface area contributed by atoms with Crippen molar-refractivity contribution >= 4 is 22.5 Å². The average Bonchev–Trinajstić information content (AvgIpc) is 3.20. The molecule has 1 aliphatic rings. The molecule has 1 aromatic heterocycles. The molecule has 23 heavy (non-hydrogen) atoms. The summed E-state index contributed by atoms with van der Waals surface area (Å²) in [6.07, 6.45) is 2.51. The third-order valence-electron chi connectivity index (χ3n) is 4.28. The number of nitro benzene ring substituents is 1. The molecule has 0 saturated carbocycles. The first-order valence-corrected chi connectivity index (χ1v) is 7.73. The molecule has 3 rings (SSSR count). The molecule has 1 amide bonds. The number of fused-ring (bicyclic) bond motifs is 1. The Bertz CT molecular complexity index is 734. The maximum atomic E-state index is 12.9. The van der Waals surface area contributed by atoms with E-state index >= 15 is 0 Å². The van der Waals surface area contributed by atoms with Gasteiger partial charge in [0.2, 0.25) is 0 Å². The first-order chi connectivity index (χ1) is 11.1. The Morgan fingerprint density at radius 2 is 2.35 bits per heavy atom. The molecule has 1 atom stereocenters. The fraction of sp³-hybridized carbons (Fsp3) is 0.438. The van der Waals surface area contributed by atoms with Gasteiger partial charge in [0.05, 0.1) is 28.0 Å². The number of aromatic amines is 1. The van der Waals surface area contributed by atoms with Crippen molar-refractivity contribution in [3.8, 4) is 0 Å². The number of nitrogens with one attached hydrogen (secondary N) is 1. The largest absolute Gasteiger partial charge is 0.381 e. The highest BCUT2D eigenvalue weighted by atomic mass is 16.6. The predicted molar refractivity (Wildman–Crippen MR) is 85.5 cm³/mol. The van der Waals surface area contributed by atoms with E-state index in [4.69, 9.17) is 4.74 Å². The molecular weight excluding hydrogens is 298 g/mol. The van der Waals surface area contributed by atoms with Gasteiger partial charge in [0.25, 0.3) is 11.6 Å². The highest BCUT2D eigenvalue weighted by molar-refractivity contribution is 6.10.